The maximum Gasteiger partial charge on any atom is 0.224 e. The molecule has 0 heterocycles. The van der Waals surface area contributed by atoms with Crippen LogP contribution in [0, 0.1) is 0 Å². The molecular weight excluding hydrogens is 188 g/mol. The average molecular weight is 204 g/mol. The van der Waals surface area contributed by atoms with Gasteiger partial charge in [-0.25, -0.2) is 0 Å². The van der Waals surface area contributed by atoms with E-state index < -0.39 is 0 Å². The molecule has 0 spiro atoms. The summed E-state index contributed by atoms with van der Waals surface area (Å²) in [6.07, 6.45) is 2.98. The van der Waals surface area contributed by atoms with Crippen LogP contribution in [0.2, 0.25) is 0 Å². The highest BCUT2D eigenvalue weighted by Crippen LogP contribution is 2.05. The Hall–Kier alpha value is -1.77. The summed E-state index contributed by atoms with van der Waals surface area (Å²) in [6.45, 7) is 4.24. The average Bonchev–Trinajstić information content (AvgIpc) is 2.22. The number of anilines is 1. The number of carbonyl (C=O) groups is 1. The van der Waals surface area contributed by atoms with Gasteiger partial charge in [-0.1, -0.05) is 18.2 Å². The van der Waals surface area contributed by atoms with E-state index in [1.165, 1.54) is 0 Å². The highest BCUT2D eigenvalue weighted by molar-refractivity contribution is 5.78. The molecule has 0 aliphatic heterocycles. The lowest BCUT2D eigenvalue weighted by Gasteiger charge is -2.03. The highest BCUT2D eigenvalue weighted by Gasteiger charge is 2.01. The molecule has 3 heteroatoms. The van der Waals surface area contributed by atoms with E-state index in [0.717, 1.165) is 12.0 Å². The lowest BCUT2D eigenvalue weighted by Crippen LogP contribution is -2.25. The summed E-state index contributed by atoms with van der Waals surface area (Å²) in [5, 5.41) is 2.81. The molecule has 1 amide bonds. The topological polar surface area (TPSA) is 55.1 Å². The predicted molar refractivity (Wildman–Crippen MR) is 62.4 cm³/mol. The summed E-state index contributed by atoms with van der Waals surface area (Å²) in [6, 6.07) is 7.32. The van der Waals surface area contributed by atoms with Crippen molar-refractivity contribution >= 4 is 11.6 Å². The third-order valence-corrected chi connectivity index (χ3v) is 2.02. The Morgan fingerprint density at radius 2 is 2.07 bits per heavy atom. The zero-order valence-corrected chi connectivity index (χ0v) is 8.70. The fraction of sp³-hybridized carbons (Fsp3) is 0.250. The lowest BCUT2D eigenvalue weighted by molar-refractivity contribution is -0.120. The van der Waals surface area contributed by atoms with Crippen LogP contribution in [0.3, 0.4) is 0 Å². The minimum absolute atomic E-state index is 0.0293. The third kappa shape index (κ3) is 4.31. The first-order chi connectivity index (χ1) is 7.22. The van der Waals surface area contributed by atoms with Gasteiger partial charge in [-0.2, -0.15) is 0 Å². The molecule has 0 saturated carbocycles. The quantitative estimate of drug-likeness (QED) is 0.434. The molecule has 80 valence electrons. The molecule has 0 aliphatic carbocycles. The van der Waals surface area contributed by atoms with Gasteiger partial charge in [0.1, 0.15) is 0 Å². The van der Waals surface area contributed by atoms with Crippen molar-refractivity contribution in [3.05, 3.63) is 42.5 Å². The second-order valence-corrected chi connectivity index (χ2v) is 3.35. The second kappa shape index (κ2) is 5.86. The Labute approximate surface area is 90.0 Å². The molecule has 0 atom stereocenters. The number of rotatable bonds is 5. The van der Waals surface area contributed by atoms with Crippen LogP contribution in [0.4, 0.5) is 5.69 Å². The molecule has 0 fully saturated rings. The van der Waals surface area contributed by atoms with E-state index in [1.807, 2.05) is 12.1 Å². The molecule has 0 unspecified atom stereocenters. The number of hydrogen-bond donors (Lipinski definition) is 2. The Balaban J connectivity index is 2.37. The first kappa shape index (κ1) is 11.3. The minimum Gasteiger partial charge on any atom is -0.399 e. The summed E-state index contributed by atoms with van der Waals surface area (Å²) in [4.78, 5) is 11.4. The standard InChI is InChI=1S/C12H16N2O/c1-2-3-8-14-12(15)9-10-4-6-11(13)7-5-10/h2,4-7H,1,3,8-9,13H2,(H,14,15). The van der Waals surface area contributed by atoms with Crippen LogP contribution in [0.15, 0.2) is 36.9 Å². The fourth-order valence-electron chi connectivity index (χ4n) is 1.20. The zero-order chi connectivity index (χ0) is 11.1. The molecule has 0 radical (unpaired) electrons. The summed E-state index contributed by atoms with van der Waals surface area (Å²) < 4.78 is 0. The van der Waals surface area contributed by atoms with E-state index in [0.29, 0.717) is 18.7 Å². The van der Waals surface area contributed by atoms with Gasteiger partial charge in [0.25, 0.3) is 0 Å². The van der Waals surface area contributed by atoms with Crippen LogP contribution >= 0.6 is 0 Å². The van der Waals surface area contributed by atoms with Gasteiger partial charge in [0.2, 0.25) is 5.91 Å². The Morgan fingerprint density at radius 1 is 1.40 bits per heavy atom. The van der Waals surface area contributed by atoms with Gasteiger partial charge in [0, 0.05) is 12.2 Å². The molecule has 0 bridgehead atoms. The Morgan fingerprint density at radius 3 is 2.67 bits per heavy atom. The van der Waals surface area contributed by atoms with Crippen molar-refractivity contribution in [2.24, 2.45) is 0 Å². The van der Waals surface area contributed by atoms with Gasteiger partial charge in [-0.15, -0.1) is 6.58 Å². The first-order valence-electron chi connectivity index (χ1n) is 4.94. The molecular formula is C12H16N2O. The summed E-state index contributed by atoms with van der Waals surface area (Å²) in [5.74, 6) is 0.0293. The van der Waals surface area contributed by atoms with Gasteiger partial charge < -0.3 is 11.1 Å². The minimum atomic E-state index is 0.0293. The van der Waals surface area contributed by atoms with Crippen molar-refractivity contribution in [2.45, 2.75) is 12.8 Å². The van der Waals surface area contributed by atoms with Crippen LogP contribution in [0.1, 0.15) is 12.0 Å². The van der Waals surface area contributed by atoms with Crippen molar-refractivity contribution in [1.29, 1.82) is 0 Å². The van der Waals surface area contributed by atoms with Gasteiger partial charge in [-0.3, -0.25) is 4.79 Å². The van der Waals surface area contributed by atoms with Crippen LogP contribution < -0.4 is 11.1 Å². The molecule has 0 aliphatic rings. The normalized spacial score (nSPS) is 9.60. The first-order valence-corrected chi connectivity index (χ1v) is 4.94. The molecule has 3 N–H and O–H groups in total. The number of benzene rings is 1. The van der Waals surface area contributed by atoms with Gasteiger partial charge in [0.15, 0.2) is 0 Å². The van der Waals surface area contributed by atoms with E-state index >= 15 is 0 Å². The predicted octanol–water partition coefficient (Wildman–Crippen LogP) is 1.50. The van der Waals surface area contributed by atoms with E-state index in [-0.39, 0.29) is 5.91 Å². The number of hydrogen-bond acceptors (Lipinski definition) is 2. The van der Waals surface area contributed by atoms with Crippen molar-refractivity contribution < 1.29 is 4.79 Å². The number of nitrogens with two attached hydrogens (primary N) is 1. The molecule has 3 nitrogen and oxygen atoms in total. The Kier molecular flexibility index (Phi) is 4.41. The van der Waals surface area contributed by atoms with E-state index in [2.05, 4.69) is 11.9 Å². The van der Waals surface area contributed by atoms with Crippen molar-refractivity contribution in [3.63, 3.8) is 0 Å². The lowest BCUT2D eigenvalue weighted by atomic mass is 10.1. The van der Waals surface area contributed by atoms with Gasteiger partial charge >= 0.3 is 0 Å². The molecule has 1 aromatic rings. The number of nitrogens with one attached hydrogen (secondary N) is 1. The maximum atomic E-state index is 11.4. The van der Waals surface area contributed by atoms with Crippen LogP contribution in [-0.4, -0.2) is 12.5 Å². The van der Waals surface area contributed by atoms with Crippen molar-refractivity contribution in [2.75, 3.05) is 12.3 Å². The van der Waals surface area contributed by atoms with Crippen molar-refractivity contribution in [1.82, 2.24) is 5.32 Å². The zero-order valence-electron chi connectivity index (χ0n) is 8.70. The highest BCUT2D eigenvalue weighted by atomic mass is 16.1. The molecule has 0 aromatic heterocycles. The number of carbonyl (C=O) groups excluding carboxylic acids is 1. The molecule has 0 saturated heterocycles. The Bertz CT molecular complexity index is 330. The van der Waals surface area contributed by atoms with Gasteiger partial charge in [0.05, 0.1) is 6.42 Å². The molecule has 1 rings (SSSR count). The summed E-state index contributed by atoms with van der Waals surface area (Å²) in [5.41, 5.74) is 7.23. The molecule has 15 heavy (non-hydrogen) atoms. The number of nitrogen functional groups attached to an aromatic ring is 1. The summed E-state index contributed by atoms with van der Waals surface area (Å²) in [7, 11) is 0. The van der Waals surface area contributed by atoms with Crippen LogP contribution in [0.5, 0.6) is 0 Å². The SMILES string of the molecule is C=CCCNC(=O)Cc1ccc(N)cc1. The number of amides is 1. The molecule has 1 aromatic carbocycles. The third-order valence-electron chi connectivity index (χ3n) is 2.02. The van der Waals surface area contributed by atoms with Crippen LogP contribution in [0.25, 0.3) is 0 Å². The second-order valence-electron chi connectivity index (χ2n) is 3.35. The largest absolute Gasteiger partial charge is 0.399 e. The van der Waals surface area contributed by atoms with Gasteiger partial charge in [-0.05, 0) is 24.1 Å². The van der Waals surface area contributed by atoms with Crippen molar-refractivity contribution in [3.8, 4) is 0 Å². The van der Waals surface area contributed by atoms with Crippen LogP contribution in [-0.2, 0) is 11.2 Å². The van der Waals surface area contributed by atoms with E-state index in [1.54, 1.807) is 18.2 Å². The van der Waals surface area contributed by atoms with E-state index in [4.69, 9.17) is 5.73 Å². The maximum absolute atomic E-state index is 11.4. The monoisotopic (exact) mass is 204 g/mol. The van der Waals surface area contributed by atoms with E-state index in [9.17, 15) is 4.79 Å². The summed E-state index contributed by atoms with van der Waals surface area (Å²) >= 11 is 0. The smallest absolute Gasteiger partial charge is 0.224 e. The fourth-order valence-corrected chi connectivity index (χ4v) is 1.20.